The Hall–Kier alpha value is -2.38. The molecule has 2 fully saturated rings. The van der Waals surface area contributed by atoms with Crippen LogP contribution in [-0.2, 0) is 4.74 Å². The van der Waals surface area contributed by atoms with Crippen LogP contribution in [0.25, 0.3) is 0 Å². The number of carbonyl (C=O) groups excluding carboxylic acids is 1. The Morgan fingerprint density at radius 2 is 1.89 bits per heavy atom. The van der Waals surface area contributed by atoms with Crippen LogP contribution in [0.2, 0.25) is 0 Å². The van der Waals surface area contributed by atoms with E-state index in [1.165, 1.54) is 0 Å². The normalized spacial score (nSPS) is 23.1. The summed E-state index contributed by atoms with van der Waals surface area (Å²) in [6.07, 6.45) is 2.98. The van der Waals surface area contributed by atoms with Crippen molar-refractivity contribution in [2.45, 2.75) is 25.0 Å². The Morgan fingerprint density at radius 3 is 2.61 bits per heavy atom. The molecule has 1 amide bonds. The average molecular weight is 387 g/mol. The molecule has 2 aromatic rings. The second-order valence-corrected chi connectivity index (χ2v) is 7.25. The molecule has 148 valence electrons. The van der Waals surface area contributed by atoms with Gasteiger partial charge in [-0.15, -0.1) is 0 Å². The summed E-state index contributed by atoms with van der Waals surface area (Å²) in [6.45, 7) is 3.44. The minimum atomic E-state index is -0.945. The highest BCUT2D eigenvalue weighted by Gasteiger charge is 2.39. The smallest absolute Gasteiger partial charge is 0.276 e. The molecule has 2 aliphatic rings. The van der Waals surface area contributed by atoms with Gasteiger partial charge in [0.1, 0.15) is 5.82 Å². The molecule has 4 rings (SSSR count). The minimum absolute atomic E-state index is 0.221. The Kier molecular flexibility index (Phi) is 5.64. The van der Waals surface area contributed by atoms with Gasteiger partial charge in [0.15, 0.2) is 11.5 Å². The van der Waals surface area contributed by atoms with Crippen LogP contribution >= 0.6 is 0 Å². The lowest BCUT2D eigenvalue weighted by Gasteiger charge is -2.42. The maximum atomic E-state index is 14.2. The summed E-state index contributed by atoms with van der Waals surface area (Å²) >= 11 is 0. The van der Waals surface area contributed by atoms with Crippen LogP contribution in [0.3, 0.4) is 0 Å². The number of amides is 1. The third kappa shape index (κ3) is 3.91. The SMILES string of the molecule is O=C(c1ncc(F)cc1F)N1CCO[C@@H](CN2CCCC2)[C@@H]1c1ccccc1. The topological polar surface area (TPSA) is 45.7 Å². The zero-order chi connectivity index (χ0) is 19.5. The van der Waals surface area contributed by atoms with Gasteiger partial charge in [0.25, 0.3) is 5.91 Å². The van der Waals surface area contributed by atoms with Crippen LogP contribution in [0.5, 0.6) is 0 Å². The van der Waals surface area contributed by atoms with Gasteiger partial charge >= 0.3 is 0 Å². The number of benzene rings is 1. The fourth-order valence-electron chi connectivity index (χ4n) is 4.09. The second-order valence-electron chi connectivity index (χ2n) is 7.25. The molecule has 0 aliphatic carbocycles. The molecule has 3 heterocycles. The van der Waals surface area contributed by atoms with E-state index in [1.54, 1.807) is 4.90 Å². The lowest BCUT2D eigenvalue weighted by atomic mass is 9.97. The number of rotatable bonds is 4. The number of carbonyl (C=O) groups is 1. The van der Waals surface area contributed by atoms with Gasteiger partial charge < -0.3 is 14.5 Å². The lowest BCUT2D eigenvalue weighted by molar-refractivity contribution is -0.0709. The molecule has 1 aromatic carbocycles. The van der Waals surface area contributed by atoms with Crippen LogP contribution in [0.15, 0.2) is 42.6 Å². The fourth-order valence-corrected chi connectivity index (χ4v) is 4.09. The number of aromatic nitrogens is 1. The van der Waals surface area contributed by atoms with Gasteiger partial charge in [0, 0.05) is 19.2 Å². The number of halogens is 2. The van der Waals surface area contributed by atoms with Crippen molar-refractivity contribution in [1.82, 2.24) is 14.8 Å². The van der Waals surface area contributed by atoms with E-state index in [9.17, 15) is 13.6 Å². The number of morpholine rings is 1. The van der Waals surface area contributed by atoms with Crippen LogP contribution in [0.4, 0.5) is 8.78 Å². The first kappa shape index (κ1) is 19.0. The van der Waals surface area contributed by atoms with Gasteiger partial charge in [0.2, 0.25) is 0 Å². The van der Waals surface area contributed by atoms with Gasteiger partial charge in [-0.2, -0.15) is 0 Å². The number of ether oxygens (including phenoxy) is 1. The number of nitrogens with zero attached hydrogens (tertiary/aromatic N) is 3. The summed E-state index contributed by atoms with van der Waals surface area (Å²) in [5, 5.41) is 0. The quantitative estimate of drug-likeness (QED) is 0.809. The standard InChI is InChI=1S/C21H23F2N3O2/c22-16-12-17(23)19(24-13-16)21(27)26-10-11-28-18(14-25-8-4-5-9-25)20(26)15-6-2-1-3-7-15/h1-3,6-7,12-13,18,20H,4-5,8-11,14H2/t18-,20-/m0/s1. The number of pyridine rings is 1. The summed E-state index contributed by atoms with van der Waals surface area (Å²) < 4.78 is 33.5. The first-order valence-corrected chi connectivity index (χ1v) is 9.64. The zero-order valence-corrected chi connectivity index (χ0v) is 15.6. The highest BCUT2D eigenvalue weighted by Crippen LogP contribution is 2.32. The predicted molar refractivity (Wildman–Crippen MR) is 99.8 cm³/mol. The summed E-state index contributed by atoms with van der Waals surface area (Å²) in [5.41, 5.74) is 0.575. The van der Waals surface area contributed by atoms with Crippen LogP contribution in [0.1, 0.15) is 34.9 Å². The third-order valence-electron chi connectivity index (χ3n) is 5.40. The highest BCUT2D eigenvalue weighted by atomic mass is 19.1. The molecule has 0 spiro atoms. The molecule has 0 saturated carbocycles. The predicted octanol–water partition coefficient (Wildman–Crippen LogP) is 3.04. The van der Waals surface area contributed by atoms with E-state index >= 15 is 0 Å². The van der Waals surface area contributed by atoms with Gasteiger partial charge in [-0.25, -0.2) is 13.8 Å². The average Bonchev–Trinajstić information content (AvgIpc) is 3.21. The molecule has 0 N–H and O–H groups in total. The molecule has 2 saturated heterocycles. The molecule has 0 radical (unpaired) electrons. The van der Waals surface area contributed by atoms with E-state index in [1.807, 2.05) is 30.3 Å². The van der Waals surface area contributed by atoms with E-state index in [0.717, 1.165) is 37.7 Å². The lowest BCUT2D eigenvalue weighted by Crippen LogP contribution is -2.51. The maximum Gasteiger partial charge on any atom is 0.276 e. The Morgan fingerprint density at radius 1 is 1.14 bits per heavy atom. The van der Waals surface area contributed by atoms with Gasteiger partial charge in [-0.3, -0.25) is 4.79 Å². The molecule has 1 aromatic heterocycles. The van der Waals surface area contributed by atoms with Crippen LogP contribution < -0.4 is 0 Å². The fraction of sp³-hybridized carbons (Fsp3) is 0.429. The van der Waals surface area contributed by atoms with Crippen LogP contribution in [0, 0.1) is 11.6 Å². The molecule has 5 nitrogen and oxygen atoms in total. The number of hydrogen-bond donors (Lipinski definition) is 0. The van der Waals surface area contributed by atoms with E-state index < -0.39 is 17.5 Å². The molecule has 7 heteroatoms. The molecular weight excluding hydrogens is 364 g/mol. The van der Waals surface area contributed by atoms with E-state index in [-0.39, 0.29) is 17.8 Å². The largest absolute Gasteiger partial charge is 0.373 e. The molecule has 2 aliphatic heterocycles. The van der Waals surface area contributed by atoms with Crippen molar-refractivity contribution in [1.29, 1.82) is 0 Å². The molecule has 2 atom stereocenters. The summed E-state index contributed by atoms with van der Waals surface area (Å²) in [6, 6.07) is 9.98. The third-order valence-corrected chi connectivity index (χ3v) is 5.40. The Balaban J connectivity index is 1.66. The maximum absolute atomic E-state index is 14.2. The first-order chi connectivity index (χ1) is 13.6. The van der Waals surface area contributed by atoms with E-state index in [4.69, 9.17) is 4.74 Å². The summed E-state index contributed by atoms with van der Waals surface area (Å²) in [4.78, 5) is 20.8. The van der Waals surface area contributed by atoms with Gasteiger partial charge in [-0.05, 0) is 31.5 Å². The van der Waals surface area contributed by atoms with Gasteiger partial charge in [-0.1, -0.05) is 30.3 Å². The van der Waals surface area contributed by atoms with Crippen molar-refractivity contribution in [3.63, 3.8) is 0 Å². The van der Waals surface area contributed by atoms with Gasteiger partial charge in [0.05, 0.1) is 24.9 Å². The van der Waals surface area contributed by atoms with E-state index in [2.05, 4.69) is 9.88 Å². The first-order valence-electron chi connectivity index (χ1n) is 9.64. The number of hydrogen-bond acceptors (Lipinski definition) is 4. The Labute approximate surface area is 162 Å². The second kappa shape index (κ2) is 8.32. The van der Waals surface area contributed by atoms with Crippen molar-refractivity contribution in [2.24, 2.45) is 0 Å². The molecule has 28 heavy (non-hydrogen) atoms. The minimum Gasteiger partial charge on any atom is -0.373 e. The Bertz CT molecular complexity index is 828. The van der Waals surface area contributed by atoms with E-state index in [0.29, 0.717) is 25.8 Å². The summed E-state index contributed by atoms with van der Waals surface area (Å²) in [5.74, 6) is -2.29. The van der Waals surface area contributed by atoms with Crippen molar-refractivity contribution in [3.8, 4) is 0 Å². The van der Waals surface area contributed by atoms with Crippen LogP contribution in [-0.4, -0.2) is 59.6 Å². The molecule has 0 bridgehead atoms. The van der Waals surface area contributed by atoms with Crippen molar-refractivity contribution >= 4 is 5.91 Å². The number of likely N-dealkylation sites (tertiary alicyclic amines) is 1. The van der Waals surface area contributed by atoms with Crippen molar-refractivity contribution < 1.29 is 18.3 Å². The summed E-state index contributed by atoms with van der Waals surface area (Å²) in [7, 11) is 0. The monoisotopic (exact) mass is 387 g/mol. The molecular formula is C21H23F2N3O2. The molecule has 0 unspecified atom stereocenters. The van der Waals surface area contributed by atoms with Crippen molar-refractivity contribution in [3.05, 3.63) is 65.5 Å². The van der Waals surface area contributed by atoms with Crippen molar-refractivity contribution in [2.75, 3.05) is 32.8 Å². The zero-order valence-electron chi connectivity index (χ0n) is 15.6. The highest BCUT2D eigenvalue weighted by molar-refractivity contribution is 5.93.